The molecule has 24 heavy (non-hydrogen) atoms. The Morgan fingerprint density at radius 1 is 0.833 bits per heavy atom. The standard InChI is InChI=1S/C22H29N2/c1-16(17(2)19-8-12-21(13-9-19)23(4)5)18(3)20-10-14-22(15-11-20)24(6)7/h8-15H,1-7H3/q+1. The van der Waals surface area contributed by atoms with Gasteiger partial charge in [-0.2, -0.15) is 0 Å². The first kappa shape index (κ1) is 18.0. The SMILES string of the molecule is CC(=C1C=CC(=[N+](C)C)C=C1)/C(C)=C(\C)c1ccc(N(C)C)cc1. The minimum Gasteiger partial charge on any atom is -0.378 e. The third-order valence-corrected chi connectivity index (χ3v) is 4.76. The molecule has 2 nitrogen and oxygen atoms in total. The molecule has 0 fully saturated rings. The van der Waals surface area contributed by atoms with Crippen LogP contribution in [0.2, 0.25) is 0 Å². The zero-order valence-electron chi connectivity index (χ0n) is 16.0. The van der Waals surface area contributed by atoms with Crippen LogP contribution in [0.3, 0.4) is 0 Å². The Morgan fingerprint density at radius 2 is 1.38 bits per heavy atom. The summed E-state index contributed by atoms with van der Waals surface area (Å²) in [5.41, 5.74) is 9.01. The maximum absolute atomic E-state index is 2.21. The smallest absolute Gasteiger partial charge is 0.199 e. The second kappa shape index (κ2) is 7.48. The molecule has 1 aliphatic carbocycles. The van der Waals surface area contributed by atoms with E-state index in [1.807, 2.05) is 0 Å². The van der Waals surface area contributed by atoms with Gasteiger partial charge in [-0.1, -0.05) is 12.1 Å². The Balaban J connectivity index is 2.35. The molecule has 2 heteroatoms. The number of nitrogens with zero attached hydrogens (tertiary/aromatic N) is 2. The van der Waals surface area contributed by atoms with Crippen LogP contribution in [0.15, 0.2) is 65.3 Å². The average molecular weight is 321 g/mol. The molecule has 1 aromatic rings. The zero-order valence-corrected chi connectivity index (χ0v) is 16.0. The van der Waals surface area contributed by atoms with Crippen molar-refractivity contribution < 1.29 is 4.58 Å². The second-order valence-corrected chi connectivity index (χ2v) is 6.76. The largest absolute Gasteiger partial charge is 0.378 e. The molecule has 0 atom stereocenters. The Morgan fingerprint density at radius 3 is 1.83 bits per heavy atom. The first-order valence-electron chi connectivity index (χ1n) is 8.38. The predicted octanol–water partition coefficient (Wildman–Crippen LogP) is 4.70. The van der Waals surface area contributed by atoms with Crippen LogP contribution in [0.5, 0.6) is 0 Å². The van der Waals surface area contributed by atoms with E-state index < -0.39 is 0 Å². The predicted molar refractivity (Wildman–Crippen MR) is 107 cm³/mol. The van der Waals surface area contributed by atoms with E-state index in [2.05, 4.69) is 107 Å². The van der Waals surface area contributed by atoms with Gasteiger partial charge in [0.2, 0.25) is 0 Å². The topological polar surface area (TPSA) is 6.25 Å². The van der Waals surface area contributed by atoms with Crippen molar-refractivity contribution in [2.45, 2.75) is 20.8 Å². The summed E-state index contributed by atoms with van der Waals surface area (Å²) in [5.74, 6) is 0. The van der Waals surface area contributed by atoms with Crippen LogP contribution in [-0.4, -0.2) is 38.5 Å². The molecule has 0 bridgehead atoms. The van der Waals surface area contributed by atoms with Gasteiger partial charge >= 0.3 is 0 Å². The van der Waals surface area contributed by atoms with E-state index in [0.717, 1.165) is 0 Å². The molecule has 0 spiro atoms. The summed E-state index contributed by atoms with van der Waals surface area (Å²) in [6, 6.07) is 8.76. The van der Waals surface area contributed by atoms with Gasteiger partial charge < -0.3 is 4.90 Å². The Kier molecular flexibility index (Phi) is 5.61. The van der Waals surface area contributed by atoms with Gasteiger partial charge in [-0.3, -0.25) is 0 Å². The number of allylic oxidation sites excluding steroid dienone is 8. The average Bonchev–Trinajstić information content (AvgIpc) is 2.60. The first-order valence-corrected chi connectivity index (χ1v) is 8.38. The number of anilines is 1. The number of hydrogen-bond acceptors (Lipinski definition) is 1. The number of hydrogen-bond donors (Lipinski definition) is 0. The lowest BCUT2D eigenvalue weighted by Gasteiger charge is -2.15. The third kappa shape index (κ3) is 3.94. The van der Waals surface area contributed by atoms with Crippen LogP contribution in [0.1, 0.15) is 26.3 Å². The van der Waals surface area contributed by atoms with Crippen LogP contribution >= 0.6 is 0 Å². The fraction of sp³-hybridized carbons (Fsp3) is 0.318. The molecule has 0 unspecified atom stereocenters. The summed E-state index contributed by atoms with van der Waals surface area (Å²) in [6.45, 7) is 6.62. The van der Waals surface area contributed by atoms with Crippen molar-refractivity contribution in [3.8, 4) is 0 Å². The molecule has 0 aromatic heterocycles. The molecule has 1 aliphatic rings. The Labute approximate surface area is 146 Å². The quantitative estimate of drug-likeness (QED) is 0.731. The minimum absolute atomic E-state index is 1.23. The van der Waals surface area contributed by atoms with E-state index in [4.69, 9.17) is 0 Å². The molecule has 0 saturated heterocycles. The third-order valence-electron chi connectivity index (χ3n) is 4.76. The highest BCUT2D eigenvalue weighted by molar-refractivity contribution is 6.02. The summed E-state index contributed by atoms with van der Waals surface area (Å²) in [4.78, 5) is 2.12. The fourth-order valence-electron chi connectivity index (χ4n) is 2.73. The summed E-state index contributed by atoms with van der Waals surface area (Å²) in [5, 5.41) is 0. The monoisotopic (exact) mass is 321 g/mol. The highest BCUT2D eigenvalue weighted by atomic mass is 15.1. The fourth-order valence-corrected chi connectivity index (χ4v) is 2.73. The van der Waals surface area contributed by atoms with E-state index in [1.54, 1.807) is 0 Å². The second-order valence-electron chi connectivity index (χ2n) is 6.76. The van der Waals surface area contributed by atoms with Crippen molar-refractivity contribution in [3.63, 3.8) is 0 Å². The molecule has 1 aromatic carbocycles. The lowest BCUT2D eigenvalue weighted by molar-refractivity contribution is -0.462. The van der Waals surface area contributed by atoms with Crippen LogP contribution in [0.4, 0.5) is 5.69 Å². The molecular formula is C22H29N2+. The van der Waals surface area contributed by atoms with Gasteiger partial charge in [0.05, 0.1) is 0 Å². The first-order chi connectivity index (χ1) is 11.3. The van der Waals surface area contributed by atoms with E-state index in [9.17, 15) is 0 Å². The van der Waals surface area contributed by atoms with Crippen molar-refractivity contribution in [2.24, 2.45) is 0 Å². The molecule has 0 aliphatic heterocycles. The summed E-state index contributed by atoms with van der Waals surface area (Å²) in [6.07, 6.45) is 8.76. The summed E-state index contributed by atoms with van der Waals surface area (Å²) in [7, 11) is 8.27. The van der Waals surface area contributed by atoms with Gasteiger partial charge in [-0.15, -0.1) is 0 Å². The summed E-state index contributed by atoms with van der Waals surface area (Å²) >= 11 is 0. The molecular weight excluding hydrogens is 292 g/mol. The van der Waals surface area contributed by atoms with Gasteiger partial charge in [0.1, 0.15) is 14.1 Å². The van der Waals surface area contributed by atoms with Crippen LogP contribution in [-0.2, 0) is 0 Å². The van der Waals surface area contributed by atoms with Gasteiger partial charge in [0.25, 0.3) is 0 Å². The molecule has 0 heterocycles. The lowest BCUT2D eigenvalue weighted by atomic mass is 9.93. The van der Waals surface area contributed by atoms with Gasteiger partial charge in [-0.25, -0.2) is 4.58 Å². The Bertz CT molecular complexity index is 745. The lowest BCUT2D eigenvalue weighted by Crippen LogP contribution is -2.10. The van der Waals surface area contributed by atoms with Crippen molar-refractivity contribution in [1.29, 1.82) is 0 Å². The van der Waals surface area contributed by atoms with Gasteiger partial charge in [0, 0.05) is 31.9 Å². The van der Waals surface area contributed by atoms with E-state index in [0.29, 0.717) is 0 Å². The van der Waals surface area contributed by atoms with E-state index >= 15 is 0 Å². The normalized spacial score (nSPS) is 14.6. The van der Waals surface area contributed by atoms with Crippen molar-refractivity contribution in [3.05, 3.63) is 70.9 Å². The molecule has 0 amide bonds. The van der Waals surface area contributed by atoms with Crippen molar-refractivity contribution in [1.82, 2.24) is 0 Å². The van der Waals surface area contributed by atoms with Gasteiger partial charge in [0.15, 0.2) is 5.71 Å². The highest BCUT2D eigenvalue weighted by Crippen LogP contribution is 2.27. The maximum Gasteiger partial charge on any atom is 0.199 e. The van der Waals surface area contributed by atoms with Crippen LogP contribution < -0.4 is 4.90 Å². The highest BCUT2D eigenvalue weighted by Gasteiger charge is 2.09. The van der Waals surface area contributed by atoms with Crippen molar-refractivity contribution in [2.75, 3.05) is 33.1 Å². The Hall–Kier alpha value is -2.35. The number of rotatable bonds is 3. The minimum atomic E-state index is 1.23. The van der Waals surface area contributed by atoms with Crippen molar-refractivity contribution >= 4 is 17.0 Å². The molecule has 0 saturated carbocycles. The van der Waals surface area contributed by atoms with Gasteiger partial charge in [-0.05, 0) is 72.9 Å². The molecule has 0 radical (unpaired) electrons. The summed E-state index contributed by atoms with van der Waals surface area (Å²) < 4.78 is 2.12. The number of benzene rings is 1. The molecule has 0 N–H and O–H groups in total. The molecule has 2 rings (SSSR count). The molecule has 126 valence electrons. The van der Waals surface area contributed by atoms with Crippen LogP contribution in [0, 0.1) is 0 Å². The van der Waals surface area contributed by atoms with Crippen LogP contribution in [0.25, 0.3) is 5.57 Å². The van der Waals surface area contributed by atoms with E-state index in [-0.39, 0.29) is 0 Å². The van der Waals surface area contributed by atoms with E-state index in [1.165, 1.54) is 39.3 Å². The zero-order chi connectivity index (χ0) is 17.9. The maximum atomic E-state index is 2.21.